The number of isocyanates is 1. The van der Waals surface area contributed by atoms with E-state index in [1.807, 2.05) is 12.1 Å². The largest absolute Gasteiger partial charge is 0.493 e. The molecule has 1 aromatic carbocycles. The average molecular weight is 203 g/mol. The van der Waals surface area contributed by atoms with Gasteiger partial charge < -0.3 is 9.15 Å². The Morgan fingerprint density at radius 1 is 1.47 bits per heavy atom. The molecule has 0 aliphatic rings. The molecule has 0 aliphatic heterocycles. The van der Waals surface area contributed by atoms with Gasteiger partial charge in [0.05, 0.1) is 19.9 Å². The number of ether oxygens (including phenoxy) is 1. The summed E-state index contributed by atoms with van der Waals surface area (Å²) >= 11 is 0. The van der Waals surface area contributed by atoms with Crippen LogP contribution in [0.15, 0.2) is 33.9 Å². The number of furan rings is 1. The summed E-state index contributed by atoms with van der Waals surface area (Å²) in [6.45, 7) is 0.309. The molecule has 1 aromatic heterocycles. The average Bonchev–Trinajstić information content (AvgIpc) is 2.74. The fourth-order valence-corrected chi connectivity index (χ4v) is 1.51. The fraction of sp³-hybridized carbons (Fsp3) is 0.182. The fourth-order valence-electron chi connectivity index (χ4n) is 1.51. The van der Waals surface area contributed by atoms with E-state index in [9.17, 15) is 4.79 Å². The third kappa shape index (κ3) is 1.63. The highest BCUT2D eigenvalue weighted by atomic mass is 16.5. The van der Waals surface area contributed by atoms with E-state index in [1.165, 1.54) is 6.08 Å². The van der Waals surface area contributed by atoms with E-state index in [1.54, 1.807) is 19.4 Å². The van der Waals surface area contributed by atoms with E-state index in [2.05, 4.69) is 4.99 Å². The van der Waals surface area contributed by atoms with Crippen LogP contribution in [-0.2, 0) is 11.3 Å². The first kappa shape index (κ1) is 9.49. The zero-order valence-electron chi connectivity index (χ0n) is 8.19. The van der Waals surface area contributed by atoms with Crippen LogP contribution in [-0.4, -0.2) is 13.2 Å². The van der Waals surface area contributed by atoms with Crippen molar-refractivity contribution in [1.82, 2.24) is 0 Å². The van der Waals surface area contributed by atoms with Crippen molar-refractivity contribution < 1.29 is 13.9 Å². The number of hydrogen-bond acceptors (Lipinski definition) is 4. The molecule has 1 heterocycles. The Labute approximate surface area is 86.2 Å². The second kappa shape index (κ2) is 3.98. The summed E-state index contributed by atoms with van der Waals surface area (Å²) in [5.41, 5.74) is 1.60. The van der Waals surface area contributed by atoms with Gasteiger partial charge in [-0.2, -0.15) is 0 Å². The molecule has 0 N–H and O–H groups in total. The van der Waals surface area contributed by atoms with E-state index in [-0.39, 0.29) is 0 Å². The monoisotopic (exact) mass is 203 g/mol. The van der Waals surface area contributed by atoms with Crippen molar-refractivity contribution in [2.24, 2.45) is 4.99 Å². The summed E-state index contributed by atoms with van der Waals surface area (Å²) < 4.78 is 10.4. The van der Waals surface area contributed by atoms with E-state index in [0.717, 1.165) is 10.9 Å². The Kier molecular flexibility index (Phi) is 2.52. The molecule has 0 amide bonds. The maximum atomic E-state index is 10.0. The molecule has 0 aliphatic carbocycles. The van der Waals surface area contributed by atoms with Crippen molar-refractivity contribution in [3.63, 3.8) is 0 Å². The molecule has 2 rings (SSSR count). The molecule has 0 fully saturated rings. The number of hydrogen-bond donors (Lipinski definition) is 0. The van der Waals surface area contributed by atoms with Crippen molar-refractivity contribution >= 4 is 17.0 Å². The van der Waals surface area contributed by atoms with Gasteiger partial charge in [0.2, 0.25) is 6.08 Å². The van der Waals surface area contributed by atoms with Crippen LogP contribution in [0.3, 0.4) is 0 Å². The van der Waals surface area contributed by atoms with Crippen molar-refractivity contribution in [2.45, 2.75) is 6.54 Å². The number of aliphatic imine (C=N–C) groups is 1. The molecular formula is C11H9NO3. The molecule has 4 heteroatoms. The summed E-state index contributed by atoms with van der Waals surface area (Å²) in [6.07, 6.45) is 3.10. The van der Waals surface area contributed by atoms with Gasteiger partial charge in [0.25, 0.3) is 0 Å². The van der Waals surface area contributed by atoms with Crippen LogP contribution in [0.5, 0.6) is 5.75 Å². The summed E-state index contributed by atoms with van der Waals surface area (Å²) in [5.74, 6) is 0.675. The molecule has 0 saturated carbocycles. The Balaban J connectivity index is 2.57. The van der Waals surface area contributed by atoms with Crippen LogP contribution in [0.25, 0.3) is 11.0 Å². The summed E-state index contributed by atoms with van der Waals surface area (Å²) in [7, 11) is 1.58. The molecule has 0 saturated heterocycles. The lowest BCUT2D eigenvalue weighted by molar-refractivity contribution is 0.410. The lowest BCUT2D eigenvalue weighted by Gasteiger charge is -2.02. The van der Waals surface area contributed by atoms with Gasteiger partial charge in [-0.05, 0) is 17.7 Å². The summed E-state index contributed by atoms with van der Waals surface area (Å²) in [4.78, 5) is 13.6. The highest BCUT2D eigenvalue weighted by molar-refractivity contribution is 5.86. The van der Waals surface area contributed by atoms with Crippen molar-refractivity contribution in [3.8, 4) is 5.75 Å². The Hall–Kier alpha value is -2.06. The van der Waals surface area contributed by atoms with E-state index in [4.69, 9.17) is 9.15 Å². The lowest BCUT2D eigenvalue weighted by Crippen LogP contribution is -1.87. The maximum Gasteiger partial charge on any atom is 0.235 e. The van der Waals surface area contributed by atoms with Gasteiger partial charge in [-0.1, -0.05) is 6.07 Å². The Morgan fingerprint density at radius 2 is 2.33 bits per heavy atom. The van der Waals surface area contributed by atoms with Gasteiger partial charge >= 0.3 is 0 Å². The molecule has 0 spiro atoms. The van der Waals surface area contributed by atoms with Crippen LogP contribution in [0.1, 0.15) is 5.56 Å². The highest BCUT2D eigenvalue weighted by Gasteiger charge is 2.08. The smallest absolute Gasteiger partial charge is 0.235 e. The van der Waals surface area contributed by atoms with Gasteiger partial charge in [0, 0.05) is 5.39 Å². The predicted molar refractivity (Wildman–Crippen MR) is 54.6 cm³/mol. The summed E-state index contributed by atoms with van der Waals surface area (Å²) in [5, 5.41) is 0.911. The first-order valence-corrected chi connectivity index (χ1v) is 4.43. The summed E-state index contributed by atoms with van der Waals surface area (Å²) in [6, 6.07) is 5.48. The number of rotatable bonds is 3. The molecule has 0 bridgehead atoms. The van der Waals surface area contributed by atoms with Crippen LogP contribution >= 0.6 is 0 Å². The minimum Gasteiger partial charge on any atom is -0.493 e. The molecule has 4 nitrogen and oxygen atoms in total. The van der Waals surface area contributed by atoms with Gasteiger partial charge in [-0.15, -0.1) is 0 Å². The van der Waals surface area contributed by atoms with E-state index >= 15 is 0 Å². The zero-order valence-corrected chi connectivity index (χ0v) is 8.19. The van der Waals surface area contributed by atoms with Gasteiger partial charge in [0.15, 0.2) is 11.3 Å². The van der Waals surface area contributed by atoms with Gasteiger partial charge in [0.1, 0.15) is 0 Å². The molecule has 2 aromatic rings. The Bertz CT molecular complexity index is 524. The first-order chi connectivity index (χ1) is 7.36. The van der Waals surface area contributed by atoms with E-state index < -0.39 is 0 Å². The molecule has 0 atom stereocenters. The minimum atomic E-state index is 0.309. The number of nitrogens with zero attached hydrogens (tertiary/aromatic N) is 1. The number of methoxy groups -OCH3 is 1. The zero-order chi connectivity index (χ0) is 10.7. The second-order valence-corrected chi connectivity index (χ2v) is 3.00. The molecule has 0 radical (unpaired) electrons. The van der Waals surface area contributed by atoms with Crippen LogP contribution in [0.4, 0.5) is 0 Å². The normalized spacial score (nSPS) is 9.93. The number of benzene rings is 1. The lowest BCUT2D eigenvalue weighted by atomic mass is 10.1. The van der Waals surface area contributed by atoms with Crippen molar-refractivity contribution in [2.75, 3.05) is 7.11 Å². The topological polar surface area (TPSA) is 51.8 Å². The van der Waals surface area contributed by atoms with Crippen LogP contribution < -0.4 is 4.74 Å². The third-order valence-corrected chi connectivity index (χ3v) is 2.20. The van der Waals surface area contributed by atoms with Gasteiger partial charge in [-0.25, -0.2) is 9.79 Å². The molecule has 76 valence electrons. The molecule has 0 unspecified atom stereocenters. The Morgan fingerprint density at radius 3 is 3.07 bits per heavy atom. The minimum absolute atomic E-state index is 0.309. The quantitative estimate of drug-likeness (QED) is 0.568. The first-order valence-electron chi connectivity index (χ1n) is 4.43. The third-order valence-electron chi connectivity index (χ3n) is 2.20. The van der Waals surface area contributed by atoms with Crippen LogP contribution in [0, 0.1) is 0 Å². The van der Waals surface area contributed by atoms with Crippen molar-refractivity contribution in [1.29, 1.82) is 0 Å². The van der Waals surface area contributed by atoms with Gasteiger partial charge in [-0.3, -0.25) is 0 Å². The number of carbonyl (C=O) groups excluding carboxylic acids is 1. The standard InChI is InChI=1S/C11H9NO3/c1-14-10-3-2-8(6-12-7-13)9-4-5-15-11(9)10/h2-5H,6H2,1H3. The SMILES string of the molecule is COc1ccc(CN=C=O)c2ccoc12. The van der Waals surface area contributed by atoms with Crippen molar-refractivity contribution in [3.05, 3.63) is 30.0 Å². The highest BCUT2D eigenvalue weighted by Crippen LogP contribution is 2.29. The molecule has 15 heavy (non-hydrogen) atoms. The van der Waals surface area contributed by atoms with E-state index in [0.29, 0.717) is 17.9 Å². The second-order valence-electron chi connectivity index (χ2n) is 3.00. The molecular weight excluding hydrogens is 194 g/mol. The maximum absolute atomic E-state index is 10.0. The number of fused-ring (bicyclic) bond motifs is 1. The predicted octanol–water partition coefficient (Wildman–Crippen LogP) is 2.28. The van der Waals surface area contributed by atoms with Crippen LogP contribution in [0.2, 0.25) is 0 Å².